The number of ether oxygens (including phenoxy) is 1. The molecule has 0 bridgehead atoms. The van der Waals surface area contributed by atoms with Crippen molar-refractivity contribution in [3.63, 3.8) is 0 Å². The molecule has 0 aliphatic heterocycles. The lowest BCUT2D eigenvalue weighted by atomic mass is 10.4. The Balaban J connectivity index is 2.82. The zero-order valence-corrected chi connectivity index (χ0v) is 9.38. The van der Waals surface area contributed by atoms with Crippen molar-refractivity contribution in [2.24, 2.45) is 0 Å². The highest BCUT2D eigenvalue weighted by Gasteiger charge is 2.07. The third-order valence-corrected chi connectivity index (χ3v) is 3.51. The van der Waals surface area contributed by atoms with Gasteiger partial charge in [0.05, 0.1) is 11.5 Å². The summed E-state index contributed by atoms with van der Waals surface area (Å²) in [5, 5.41) is 7.51. The third-order valence-electron chi connectivity index (χ3n) is 1.37. The van der Waals surface area contributed by atoms with Gasteiger partial charge in [-0.05, 0) is 35.8 Å². The number of aryl methyl sites for hydroxylation is 1. The van der Waals surface area contributed by atoms with Gasteiger partial charge in [-0.3, -0.25) is 5.41 Å². The summed E-state index contributed by atoms with van der Waals surface area (Å²) in [5.74, 6) is 0.260. The standard InChI is InChI=1S/C8H10BrNOS/c1-3-11-8(10)7-4-6(9)5(2)12-7/h4,10H,3H2,1-2H3. The van der Waals surface area contributed by atoms with E-state index in [9.17, 15) is 0 Å². The molecule has 0 saturated carbocycles. The lowest BCUT2D eigenvalue weighted by Crippen LogP contribution is -2.01. The number of nitrogens with one attached hydrogen (secondary N) is 1. The highest BCUT2D eigenvalue weighted by Crippen LogP contribution is 2.26. The summed E-state index contributed by atoms with van der Waals surface area (Å²) in [5.41, 5.74) is 0. The van der Waals surface area contributed by atoms with Crippen molar-refractivity contribution in [1.82, 2.24) is 0 Å². The molecule has 0 saturated heterocycles. The van der Waals surface area contributed by atoms with E-state index in [1.165, 1.54) is 4.88 Å². The van der Waals surface area contributed by atoms with Gasteiger partial charge in [-0.1, -0.05) is 0 Å². The molecule has 1 heterocycles. The Morgan fingerprint density at radius 1 is 1.75 bits per heavy atom. The quantitative estimate of drug-likeness (QED) is 0.632. The zero-order valence-electron chi connectivity index (χ0n) is 6.98. The van der Waals surface area contributed by atoms with Gasteiger partial charge in [0.2, 0.25) is 5.90 Å². The maximum Gasteiger partial charge on any atom is 0.223 e. The molecular weight excluding hydrogens is 238 g/mol. The second-order valence-corrected chi connectivity index (χ2v) is 4.39. The monoisotopic (exact) mass is 247 g/mol. The van der Waals surface area contributed by atoms with E-state index in [0.29, 0.717) is 6.61 Å². The summed E-state index contributed by atoms with van der Waals surface area (Å²) in [4.78, 5) is 2.05. The van der Waals surface area contributed by atoms with E-state index in [1.807, 2.05) is 19.9 Å². The lowest BCUT2D eigenvalue weighted by molar-refractivity contribution is 0.326. The molecule has 0 unspecified atom stereocenters. The molecule has 1 aromatic rings. The van der Waals surface area contributed by atoms with E-state index in [0.717, 1.165) is 9.35 Å². The summed E-state index contributed by atoms with van der Waals surface area (Å²) in [6, 6.07) is 1.91. The van der Waals surface area contributed by atoms with Crippen LogP contribution in [0.25, 0.3) is 0 Å². The molecule has 0 aliphatic carbocycles. The van der Waals surface area contributed by atoms with Crippen molar-refractivity contribution in [1.29, 1.82) is 5.41 Å². The second-order valence-electron chi connectivity index (χ2n) is 2.28. The Hall–Kier alpha value is -0.350. The number of thiophene rings is 1. The molecular formula is C8H10BrNOS. The normalized spacial score (nSPS) is 9.92. The van der Waals surface area contributed by atoms with Gasteiger partial charge in [-0.25, -0.2) is 0 Å². The van der Waals surface area contributed by atoms with E-state index >= 15 is 0 Å². The SMILES string of the molecule is CCOC(=N)c1cc(Br)c(C)s1. The second kappa shape index (κ2) is 4.05. The summed E-state index contributed by atoms with van der Waals surface area (Å²) in [6.45, 7) is 4.44. The van der Waals surface area contributed by atoms with E-state index in [-0.39, 0.29) is 5.90 Å². The summed E-state index contributed by atoms with van der Waals surface area (Å²) in [7, 11) is 0. The maximum absolute atomic E-state index is 7.51. The molecule has 0 fully saturated rings. The van der Waals surface area contributed by atoms with E-state index in [1.54, 1.807) is 11.3 Å². The Morgan fingerprint density at radius 2 is 2.42 bits per heavy atom. The molecule has 0 radical (unpaired) electrons. The van der Waals surface area contributed by atoms with Gasteiger partial charge in [-0.15, -0.1) is 11.3 Å². The Labute approximate surface area is 84.2 Å². The largest absolute Gasteiger partial charge is 0.477 e. The molecule has 1 rings (SSSR count). The Kier molecular flexibility index (Phi) is 3.29. The minimum atomic E-state index is 0.260. The minimum Gasteiger partial charge on any atom is -0.477 e. The first-order chi connectivity index (χ1) is 5.65. The van der Waals surface area contributed by atoms with Crippen LogP contribution in [0.3, 0.4) is 0 Å². The van der Waals surface area contributed by atoms with E-state index in [4.69, 9.17) is 10.1 Å². The summed E-state index contributed by atoms with van der Waals surface area (Å²) >= 11 is 4.96. The smallest absolute Gasteiger partial charge is 0.223 e. The van der Waals surface area contributed by atoms with Crippen molar-refractivity contribution < 1.29 is 4.74 Å². The molecule has 4 heteroatoms. The first kappa shape index (κ1) is 9.74. The van der Waals surface area contributed by atoms with Crippen molar-refractivity contribution in [3.8, 4) is 0 Å². The minimum absolute atomic E-state index is 0.260. The number of hydrogen-bond donors (Lipinski definition) is 1. The highest BCUT2D eigenvalue weighted by molar-refractivity contribution is 9.10. The van der Waals surface area contributed by atoms with Crippen LogP contribution < -0.4 is 0 Å². The number of hydrogen-bond acceptors (Lipinski definition) is 3. The van der Waals surface area contributed by atoms with Gasteiger partial charge >= 0.3 is 0 Å². The fourth-order valence-corrected chi connectivity index (χ4v) is 2.23. The number of halogens is 1. The van der Waals surface area contributed by atoms with Crippen molar-refractivity contribution in [2.75, 3.05) is 6.61 Å². The number of rotatable bonds is 2. The zero-order chi connectivity index (χ0) is 9.14. The van der Waals surface area contributed by atoms with Gasteiger partial charge in [0.15, 0.2) is 0 Å². The molecule has 1 aromatic heterocycles. The first-order valence-electron chi connectivity index (χ1n) is 3.62. The van der Waals surface area contributed by atoms with Crippen LogP contribution in [0.15, 0.2) is 10.5 Å². The maximum atomic E-state index is 7.51. The predicted octanol–water partition coefficient (Wildman–Crippen LogP) is 3.18. The van der Waals surface area contributed by atoms with Crippen molar-refractivity contribution in [3.05, 3.63) is 20.3 Å². The molecule has 0 spiro atoms. The molecule has 0 aromatic carbocycles. The molecule has 66 valence electrons. The van der Waals surface area contributed by atoms with Crippen molar-refractivity contribution in [2.45, 2.75) is 13.8 Å². The molecule has 2 nitrogen and oxygen atoms in total. The van der Waals surface area contributed by atoms with Gasteiger partial charge in [0, 0.05) is 9.35 Å². The lowest BCUT2D eigenvalue weighted by Gasteiger charge is -1.99. The molecule has 0 amide bonds. The third kappa shape index (κ3) is 2.08. The van der Waals surface area contributed by atoms with Crippen LogP contribution in [-0.4, -0.2) is 12.5 Å². The van der Waals surface area contributed by atoms with Gasteiger partial charge < -0.3 is 4.74 Å². The average molecular weight is 248 g/mol. The van der Waals surface area contributed by atoms with E-state index < -0.39 is 0 Å². The van der Waals surface area contributed by atoms with Crippen molar-refractivity contribution >= 4 is 33.2 Å². The van der Waals surface area contributed by atoms with Crippen LogP contribution in [0.1, 0.15) is 16.7 Å². The van der Waals surface area contributed by atoms with Gasteiger partial charge in [0.1, 0.15) is 0 Å². The van der Waals surface area contributed by atoms with Crippen LogP contribution in [0, 0.1) is 12.3 Å². The molecule has 0 aliphatic rings. The van der Waals surface area contributed by atoms with E-state index in [2.05, 4.69) is 15.9 Å². The average Bonchev–Trinajstić information content (AvgIpc) is 2.33. The first-order valence-corrected chi connectivity index (χ1v) is 5.23. The summed E-state index contributed by atoms with van der Waals surface area (Å²) < 4.78 is 6.12. The Bertz CT molecular complexity index is 276. The predicted molar refractivity (Wildman–Crippen MR) is 55.2 cm³/mol. The fraction of sp³-hybridized carbons (Fsp3) is 0.375. The Morgan fingerprint density at radius 3 is 2.83 bits per heavy atom. The van der Waals surface area contributed by atoms with Gasteiger partial charge in [0.25, 0.3) is 0 Å². The van der Waals surface area contributed by atoms with Crippen LogP contribution in [0.5, 0.6) is 0 Å². The highest BCUT2D eigenvalue weighted by atomic mass is 79.9. The van der Waals surface area contributed by atoms with Gasteiger partial charge in [-0.2, -0.15) is 0 Å². The van der Waals surface area contributed by atoms with Crippen LogP contribution in [-0.2, 0) is 4.74 Å². The topological polar surface area (TPSA) is 33.1 Å². The molecule has 0 atom stereocenters. The molecule has 12 heavy (non-hydrogen) atoms. The summed E-state index contributed by atoms with van der Waals surface area (Å²) in [6.07, 6.45) is 0. The molecule has 1 N–H and O–H groups in total. The van der Waals surface area contributed by atoms with Crippen LogP contribution >= 0.6 is 27.3 Å². The fourth-order valence-electron chi connectivity index (χ4n) is 0.787. The van der Waals surface area contributed by atoms with Crippen LogP contribution in [0.4, 0.5) is 0 Å². The van der Waals surface area contributed by atoms with Crippen LogP contribution in [0.2, 0.25) is 0 Å².